The van der Waals surface area contributed by atoms with Gasteiger partial charge in [-0.2, -0.15) is 0 Å². The van der Waals surface area contributed by atoms with Crippen molar-refractivity contribution in [2.24, 2.45) is 5.92 Å². The lowest BCUT2D eigenvalue weighted by atomic mass is 10.1. The molecule has 0 bridgehead atoms. The van der Waals surface area contributed by atoms with Crippen molar-refractivity contribution in [3.63, 3.8) is 0 Å². The number of rotatable bonds is 8. The zero-order chi connectivity index (χ0) is 16.0. The first kappa shape index (κ1) is 17.4. The van der Waals surface area contributed by atoms with Crippen LogP contribution in [-0.2, 0) is 14.8 Å². The van der Waals surface area contributed by atoms with E-state index in [9.17, 15) is 8.42 Å². The number of pyridine rings is 1. The molecule has 124 valence electrons. The van der Waals surface area contributed by atoms with Crippen molar-refractivity contribution in [3.05, 3.63) is 17.3 Å². The topological polar surface area (TPSA) is 101 Å². The Kier molecular flexibility index (Phi) is 6.39. The number of aliphatic hydroxyl groups is 1. The van der Waals surface area contributed by atoms with E-state index in [2.05, 4.69) is 15.0 Å². The van der Waals surface area contributed by atoms with Crippen molar-refractivity contribution in [1.29, 1.82) is 0 Å². The van der Waals surface area contributed by atoms with E-state index in [1.54, 1.807) is 0 Å². The first-order valence-electron chi connectivity index (χ1n) is 7.10. The monoisotopic (exact) mass is 349 g/mol. The maximum Gasteiger partial charge on any atom is 0.242 e. The van der Waals surface area contributed by atoms with Gasteiger partial charge in [-0.1, -0.05) is 11.6 Å². The first-order chi connectivity index (χ1) is 10.5. The summed E-state index contributed by atoms with van der Waals surface area (Å²) >= 11 is 6.04. The van der Waals surface area contributed by atoms with E-state index in [0.717, 1.165) is 6.42 Å². The van der Waals surface area contributed by atoms with Crippen LogP contribution in [0, 0.1) is 5.92 Å². The molecule has 0 amide bonds. The second-order valence-corrected chi connectivity index (χ2v) is 7.26. The maximum absolute atomic E-state index is 12.2. The predicted molar refractivity (Wildman–Crippen MR) is 83.6 cm³/mol. The van der Waals surface area contributed by atoms with Gasteiger partial charge in [0, 0.05) is 32.5 Å². The summed E-state index contributed by atoms with van der Waals surface area (Å²) in [5, 5.41) is 11.9. The molecule has 0 radical (unpaired) electrons. The van der Waals surface area contributed by atoms with Crippen LogP contribution < -0.4 is 10.0 Å². The molecule has 22 heavy (non-hydrogen) atoms. The molecule has 2 rings (SSSR count). The van der Waals surface area contributed by atoms with E-state index < -0.39 is 10.0 Å². The summed E-state index contributed by atoms with van der Waals surface area (Å²) in [7, 11) is -3.63. The standard InChI is InChI=1S/C13H20ClN3O4S/c14-12-6-11(8-16-13(12)15-3-1-4-18)22(19,20)17-7-10-2-5-21-9-10/h6,8,10,17-18H,1-5,7,9H2,(H,15,16)/t10-/m1/s1. The number of halogens is 1. The van der Waals surface area contributed by atoms with Gasteiger partial charge in [-0.3, -0.25) is 0 Å². The number of aromatic nitrogens is 1. The van der Waals surface area contributed by atoms with Crippen molar-refractivity contribution >= 4 is 27.4 Å². The van der Waals surface area contributed by atoms with Gasteiger partial charge in [0.25, 0.3) is 0 Å². The number of nitrogens with zero attached hydrogens (tertiary/aromatic N) is 1. The Morgan fingerprint density at radius 1 is 1.50 bits per heavy atom. The van der Waals surface area contributed by atoms with Gasteiger partial charge in [-0.25, -0.2) is 18.1 Å². The number of hydrogen-bond donors (Lipinski definition) is 3. The van der Waals surface area contributed by atoms with Crippen LogP contribution >= 0.6 is 11.6 Å². The molecular weight excluding hydrogens is 330 g/mol. The molecule has 0 unspecified atom stereocenters. The zero-order valence-electron chi connectivity index (χ0n) is 12.1. The number of aliphatic hydroxyl groups excluding tert-OH is 1. The molecule has 0 aromatic carbocycles. The number of nitrogens with one attached hydrogen (secondary N) is 2. The molecule has 1 aliphatic rings. The molecule has 3 N–H and O–H groups in total. The van der Waals surface area contributed by atoms with Crippen LogP contribution in [0.1, 0.15) is 12.8 Å². The summed E-state index contributed by atoms with van der Waals surface area (Å²) in [6.45, 7) is 2.17. The Balaban J connectivity index is 1.99. The molecule has 1 saturated heterocycles. The van der Waals surface area contributed by atoms with Gasteiger partial charge in [0.1, 0.15) is 10.7 Å². The Morgan fingerprint density at radius 2 is 2.32 bits per heavy atom. The van der Waals surface area contributed by atoms with Crippen LogP contribution in [-0.4, -0.2) is 51.4 Å². The molecule has 0 aliphatic carbocycles. The zero-order valence-corrected chi connectivity index (χ0v) is 13.7. The van der Waals surface area contributed by atoms with E-state index in [-0.39, 0.29) is 22.4 Å². The molecule has 7 nitrogen and oxygen atoms in total. The first-order valence-corrected chi connectivity index (χ1v) is 8.96. The molecule has 1 aliphatic heterocycles. The fraction of sp³-hybridized carbons (Fsp3) is 0.615. The van der Waals surface area contributed by atoms with Gasteiger partial charge < -0.3 is 15.2 Å². The van der Waals surface area contributed by atoms with Crippen LogP contribution in [0.5, 0.6) is 0 Å². The highest BCUT2D eigenvalue weighted by Crippen LogP contribution is 2.22. The summed E-state index contributed by atoms with van der Waals surface area (Å²) in [6.07, 6.45) is 2.68. The largest absolute Gasteiger partial charge is 0.396 e. The molecule has 2 heterocycles. The Bertz CT molecular complexity index is 591. The average Bonchev–Trinajstić information content (AvgIpc) is 3.00. The van der Waals surface area contributed by atoms with Crippen molar-refractivity contribution in [3.8, 4) is 0 Å². The van der Waals surface area contributed by atoms with Crippen LogP contribution in [0.3, 0.4) is 0 Å². The van der Waals surface area contributed by atoms with Crippen molar-refractivity contribution in [2.45, 2.75) is 17.7 Å². The van der Waals surface area contributed by atoms with E-state index in [1.807, 2.05) is 0 Å². The van der Waals surface area contributed by atoms with E-state index >= 15 is 0 Å². The van der Waals surface area contributed by atoms with Gasteiger partial charge in [-0.15, -0.1) is 0 Å². The van der Waals surface area contributed by atoms with Crippen LogP contribution in [0.25, 0.3) is 0 Å². The molecular formula is C13H20ClN3O4S. The Hall–Kier alpha value is -0.930. The van der Waals surface area contributed by atoms with Crippen molar-refractivity contribution in [1.82, 2.24) is 9.71 Å². The molecule has 1 aromatic rings. The molecule has 9 heteroatoms. The van der Waals surface area contributed by atoms with Gasteiger partial charge in [0.05, 0.1) is 11.6 Å². The van der Waals surface area contributed by atoms with E-state index in [4.69, 9.17) is 21.4 Å². The summed E-state index contributed by atoms with van der Waals surface area (Å²) in [5.74, 6) is 0.607. The Morgan fingerprint density at radius 3 is 2.95 bits per heavy atom. The quantitative estimate of drug-likeness (QED) is 0.601. The maximum atomic E-state index is 12.2. The fourth-order valence-electron chi connectivity index (χ4n) is 2.04. The lowest BCUT2D eigenvalue weighted by Crippen LogP contribution is -2.29. The minimum atomic E-state index is -3.63. The smallest absolute Gasteiger partial charge is 0.242 e. The van der Waals surface area contributed by atoms with Crippen LogP contribution in [0.15, 0.2) is 17.2 Å². The number of hydrogen-bond acceptors (Lipinski definition) is 6. The van der Waals surface area contributed by atoms with Gasteiger partial charge in [-0.05, 0) is 24.8 Å². The summed E-state index contributed by atoms with van der Waals surface area (Å²) < 4.78 is 32.2. The third-order valence-electron chi connectivity index (χ3n) is 3.34. The van der Waals surface area contributed by atoms with E-state index in [0.29, 0.717) is 38.5 Å². The molecule has 0 saturated carbocycles. The lowest BCUT2D eigenvalue weighted by Gasteiger charge is -2.12. The minimum Gasteiger partial charge on any atom is -0.396 e. The fourth-order valence-corrected chi connectivity index (χ4v) is 3.42. The van der Waals surface area contributed by atoms with E-state index in [1.165, 1.54) is 12.3 Å². The molecule has 1 fully saturated rings. The third kappa shape index (κ3) is 4.79. The van der Waals surface area contributed by atoms with Gasteiger partial charge in [0.15, 0.2) is 0 Å². The Labute approximate surface area is 135 Å². The lowest BCUT2D eigenvalue weighted by molar-refractivity contribution is 0.186. The predicted octanol–water partition coefficient (Wildman–Crippen LogP) is 0.844. The normalized spacial score (nSPS) is 18.5. The molecule has 1 aromatic heterocycles. The number of ether oxygens (including phenoxy) is 1. The van der Waals surface area contributed by atoms with Crippen LogP contribution in [0.2, 0.25) is 5.02 Å². The highest BCUT2D eigenvalue weighted by atomic mass is 35.5. The number of anilines is 1. The van der Waals surface area contributed by atoms with Crippen molar-refractivity contribution in [2.75, 3.05) is 38.2 Å². The van der Waals surface area contributed by atoms with Crippen molar-refractivity contribution < 1.29 is 18.3 Å². The SMILES string of the molecule is O=S(=O)(NC[C@H]1CCOC1)c1cnc(NCCCO)c(Cl)c1. The number of sulfonamides is 1. The highest BCUT2D eigenvalue weighted by molar-refractivity contribution is 7.89. The minimum absolute atomic E-state index is 0.0316. The summed E-state index contributed by atoms with van der Waals surface area (Å²) in [5.41, 5.74) is 0. The average molecular weight is 350 g/mol. The van der Waals surface area contributed by atoms with Gasteiger partial charge >= 0.3 is 0 Å². The summed E-state index contributed by atoms with van der Waals surface area (Å²) in [4.78, 5) is 4.06. The van der Waals surface area contributed by atoms with Gasteiger partial charge in [0.2, 0.25) is 10.0 Å². The summed E-state index contributed by atoms with van der Waals surface area (Å²) in [6, 6.07) is 1.36. The third-order valence-corrected chi connectivity index (χ3v) is 5.02. The second-order valence-electron chi connectivity index (χ2n) is 5.09. The van der Waals surface area contributed by atoms with Crippen LogP contribution in [0.4, 0.5) is 5.82 Å². The second kappa shape index (κ2) is 8.07. The molecule has 1 atom stereocenters. The highest BCUT2D eigenvalue weighted by Gasteiger charge is 2.21. The molecule has 0 spiro atoms.